The third-order valence-corrected chi connectivity index (χ3v) is 3.13. The van der Waals surface area contributed by atoms with E-state index in [-0.39, 0.29) is 21.6 Å². The fraction of sp³-hybridized carbons (Fsp3) is 0.200. The van der Waals surface area contributed by atoms with Crippen molar-refractivity contribution in [2.45, 2.75) is 0 Å². The predicted octanol–water partition coefficient (Wildman–Crippen LogP) is 0.799. The highest BCUT2D eigenvalue weighted by molar-refractivity contribution is 6.37. The first kappa shape index (κ1) is 12.3. The van der Waals surface area contributed by atoms with Gasteiger partial charge in [0.05, 0.1) is 15.8 Å². The number of aromatic nitrogens is 2. The zero-order valence-electron chi connectivity index (χ0n) is 9.51. The van der Waals surface area contributed by atoms with Crippen LogP contribution in [0.4, 0.5) is 5.69 Å². The number of benzene rings is 1. The van der Waals surface area contributed by atoms with E-state index in [1.54, 1.807) is 0 Å². The lowest BCUT2D eigenvalue weighted by Gasteiger charge is -2.08. The van der Waals surface area contributed by atoms with E-state index >= 15 is 0 Å². The Morgan fingerprint density at radius 2 is 1.83 bits per heavy atom. The summed E-state index contributed by atoms with van der Waals surface area (Å²) in [6.07, 6.45) is 0. The SMILES string of the molecule is Cn1c(=O)c2c(Cl)c([N+](=O)[O-])ccc2n(C)c1=O. The van der Waals surface area contributed by atoms with Crippen LogP contribution in [0, 0.1) is 10.1 Å². The van der Waals surface area contributed by atoms with Gasteiger partial charge in [0.15, 0.2) is 0 Å². The first-order valence-electron chi connectivity index (χ1n) is 4.89. The fourth-order valence-electron chi connectivity index (χ4n) is 1.76. The van der Waals surface area contributed by atoms with Crippen LogP contribution in [0.2, 0.25) is 5.02 Å². The molecule has 0 radical (unpaired) electrons. The van der Waals surface area contributed by atoms with E-state index in [0.29, 0.717) is 0 Å². The summed E-state index contributed by atoms with van der Waals surface area (Å²) in [6, 6.07) is 2.51. The third-order valence-electron chi connectivity index (χ3n) is 2.75. The Kier molecular flexibility index (Phi) is 2.70. The van der Waals surface area contributed by atoms with E-state index in [9.17, 15) is 19.7 Å². The molecule has 1 aromatic heterocycles. The van der Waals surface area contributed by atoms with Crippen molar-refractivity contribution >= 4 is 28.2 Å². The van der Waals surface area contributed by atoms with Crippen LogP contribution in [0.1, 0.15) is 0 Å². The molecule has 1 heterocycles. The van der Waals surface area contributed by atoms with Gasteiger partial charge in [0.25, 0.3) is 11.2 Å². The molecule has 0 saturated heterocycles. The van der Waals surface area contributed by atoms with E-state index in [2.05, 4.69) is 0 Å². The minimum Gasteiger partial charge on any atom is -0.296 e. The summed E-state index contributed by atoms with van der Waals surface area (Å²) in [6.45, 7) is 0. The lowest BCUT2D eigenvalue weighted by atomic mass is 10.2. The van der Waals surface area contributed by atoms with Crippen LogP contribution in [0.25, 0.3) is 10.9 Å². The van der Waals surface area contributed by atoms with E-state index in [1.165, 1.54) is 30.8 Å². The van der Waals surface area contributed by atoms with Crippen molar-refractivity contribution in [3.05, 3.63) is 48.1 Å². The fourth-order valence-corrected chi connectivity index (χ4v) is 2.07. The van der Waals surface area contributed by atoms with Gasteiger partial charge in [0, 0.05) is 20.2 Å². The number of hydrogen-bond donors (Lipinski definition) is 0. The smallest absolute Gasteiger partial charge is 0.296 e. The molecule has 0 N–H and O–H groups in total. The molecule has 0 atom stereocenters. The summed E-state index contributed by atoms with van der Waals surface area (Å²) < 4.78 is 2.07. The Balaban J connectivity index is 3.14. The highest BCUT2D eigenvalue weighted by Gasteiger charge is 2.20. The van der Waals surface area contributed by atoms with Gasteiger partial charge in [-0.2, -0.15) is 0 Å². The molecule has 18 heavy (non-hydrogen) atoms. The van der Waals surface area contributed by atoms with E-state index in [4.69, 9.17) is 11.6 Å². The molecule has 0 aliphatic heterocycles. The number of nitrogens with zero attached hydrogens (tertiary/aromatic N) is 3. The minimum absolute atomic E-state index is 0.0320. The highest BCUT2D eigenvalue weighted by atomic mass is 35.5. The maximum absolute atomic E-state index is 11.9. The average Bonchev–Trinajstić information content (AvgIpc) is 2.32. The van der Waals surface area contributed by atoms with Gasteiger partial charge < -0.3 is 0 Å². The molecular formula is C10H8ClN3O4. The van der Waals surface area contributed by atoms with Gasteiger partial charge in [-0.25, -0.2) is 4.79 Å². The van der Waals surface area contributed by atoms with Gasteiger partial charge in [-0.1, -0.05) is 11.6 Å². The quantitative estimate of drug-likeness (QED) is 0.566. The highest BCUT2D eigenvalue weighted by Crippen LogP contribution is 2.29. The zero-order chi connectivity index (χ0) is 13.6. The maximum atomic E-state index is 11.9. The van der Waals surface area contributed by atoms with Gasteiger partial charge in [0.1, 0.15) is 5.02 Å². The standard InChI is InChI=1S/C10H8ClN3O4/c1-12-5-3-4-6(14(17)18)8(11)7(5)9(15)13(2)10(12)16/h3-4H,1-2H3. The van der Waals surface area contributed by atoms with E-state index < -0.39 is 16.2 Å². The summed E-state index contributed by atoms with van der Waals surface area (Å²) >= 11 is 5.87. The van der Waals surface area contributed by atoms with Gasteiger partial charge in [0.2, 0.25) is 0 Å². The van der Waals surface area contributed by atoms with Crippen LogP contribution in [0.3, 0.4) is 0 Å². The molecule has 7 nitrogen and oxygen atoms in total. The second-order valence-electron chi connectivity index (χ2n) is 3.76. The molecule has 0 unspecified atom stereocenters. The number of nitro benzene ring substituents is 1. The summed E-state index contributed by atoms with van der Waals surface area (Å²) in [5.74, 6) is 0. The van der Waals surface area contributed by atoms with Crippen molar-refractivity contribution < 1.29 is 4.92 Å². The van der Waals surface area contributed by atoms with Crippen molar-refractivity contribution in [1.29, 1.82) is 0 Å². The third kappa shape index (κ3) is 1.52. The van der Waals surface area contributed by atoms with Crippen LogP contribution in [0.15, 0.2) is 21.7 Å². The van der Waals surface area contributed by atoms with Crippen molar-refractivity contribution in [3.8, 4) is 0 Å². The van der Waals surface area contributed by atoms with E-state index in [1.807, 2.05) is 0 Å². The van der Waals surface area contributed by atoms with Crippen LogP contribution in [-0.4, -0.2) is 14.1 Å². The molecule has 0 fully saturated rings. The Labute approximate surface area is 105 Å². The van der Waals surface area contributed by atoms with Gasteiger partial charge in [-0.3, -0.25) is 24.0 Å². The summed E-state index contributed by atoms with van der Waals surface area (Å²) in [7, 11) is 2.76. The average molecular weight is 270 g/mol. The van der Waals surface area contributed by atoms with Crippen molar-refractivity contribution in [2.75, 3.05) is 0 Å². The summed E-state index contributed by atoms with van der Waals surface area (Å²) in [5.41, 5.74) is -1.27. The number of halogens is 1. The summed E-state index contributed by atoms with van der Waals surface area (Å²) in [4.78, 5) is 33.7. The van der Waals surface area contributed by atoms with Gasteiger partial charge in [-0.05, 0) is 6.07 Å². The molecule has 0 spiro atoms. The molecule has 1 aromatic carbocycles. The summed E-state index contributed by atoms with van der Waals surface area (Å²) in [5, 5.41) is 10.5. The molecule has 0 saturated carbocycles. The number of nitro groups is 1. The maximum Gasteiger partial charge on any atom is 0.330 e. The van der Waals surface area contributed by atoms with Crippen LogP contribution < -0.4 is 11.2 Å². The van der Waals surface area contributed by atoms with Crippen LogP contribution >= 0.6 is 11.6 Å². The minimum atomic E-state index is -0.674. The number of rotatable bonds is 1. The monoisotopic (exact) mass is 269 g/mol. The molecule has 0 aliphatic rings. The second-order valence-corrected chi connectivity index (χ2v) is 4.13. The molecule has 0 bridgehead atoms. The van der Waals surface area contributed by atoms with E-state index in [0.717, 1.165) is 4.57 Å². The van der Waals surface area contributed by atoms with Crippen LogP contribution in [0.5, 0.6) is 0 Å². The molecule has 2 rings (SSSR count). The lowest BCUT2D eigenvalue weighted by molar-refractivity contribution is -0.384. The topological polar surface area (TPSA) is 87.1 Å². The lowest BCUT2D eigenvalue weighted by Crippen LogP contribution is -2.37. The van der Waals surface area contributed by atoms with Gasteiger partial charge >= 0.3 is 5.69 Å². The first-order chi connectivity index (χ1) is 8.36. The molecule has 2 aromatic rings. The Morgan fingerprint density at radius 3 is 2.39 bits per heavy atom. The van der Waals surface area contributed by atoms with Crippen molar-refractivity contribution in [2.24, 2.45) is 14.1 Å². The van der Waals surface area contributed by atoms with Crippen LogP contribution in [-0.2, 0) is 14.1 Å². The second kappa shape index (κ2) is 3.95. The zero-order valence-corrected chi connectivity index (χ0v) is 10.3. The van der Waals surface area contributed by atoms with Crippen molar-refractivity contribution in [3.63, 3.8) is 0 Å². The predicted molar refractivity (Wildman–Crippen MR) is 66.1 cm³/mol. The number of aryl methyl sites for hydroxylation is 1. The normalized spacial score (nSPS) is 10.8. The number of fused-ring (bicyclic) bond motifs is 1. The molecule has 0 aliphatic carbocycles. The molecule has 8 heteroatoms. The van der Waals surface area contributed by atoms with Crippen molar-refractivity contribution in [1.82, 2.24) is 9.13 Å². The Bertz CT molecular complexity index is 790. The Morgan fingerprint density at radius 1 is 1.22 bits per heavy atom. The molecule has 0 amide bonds. The molecular weight excluding hydrogens is 262 g/mol. The largest absolute Gasteiger partial charge is 0.330 e. The Hall–Kier alpha value is -2.15. The number of hydrogen-bond acceptors (Lipinski definition) is 4. The van der Waals surface area contributed by atoms with Gasteiger partial charge in [-0.15, -0.1) is 0 Å². The molecule has 94 valence electrons. The first-order valence-corrected chi connectivity index (χ1v) is 5.26.